The van der Waals surface area contributed by atoms with E-state index >= 15 is 0 Å². The Kier molecular flexibility index (Phi) is 7.75. The standard InChI is InChI=1S/C18H22N2O2.ClH/c1-13-8-10-15(11-9-13)17(14-6-4-3-5-7-14)20-18(21)16(19)12-22-2;/h3-11,16-17H,12,19H2,1-2H3,(H,20,21);1H. The highest BCUT2D eigenvalue weighted by molar-refractivity contribution is 5.85. The Bertz CT molecular complexity index is 602. The van der Waals surface area contributed by atoms with Crippen molar-refractivity contribution in [1.29, 1.82) is 0 Å². The van der Waals surface area contributed by atoms with Crippen LogP contribution in [0.2, 0.25) is 0 Å². The van der Waals surface area contributed by atoms with Crippen molar-refractivity contribution >= 4 is 18.3 Å². The number of nitrogens with one attached hydrogen (secondary N) is 1. The van der Waals surface area contributed by atoms with E-state index < -0.39 is 6.04 Å². The monoisotopic (exact) mass is 334 g/mol. The molecule has 124 valence electrons. The highest BCUT2D eigenvalue weighted by Gasteiger charge is 2.20. The summed E-state index contributed by atoms with van der Waals surface area (Å²) in [5, 5.41) is 3.01. The molecule has 0 aliphatic rings. The molecule has 0 bridgehead atoms. The molecule has 0 spiro atoms. The van der Waals surface area contributed by atoms with Crippen LogP contribution in [-0.2, 0) is 9.53 Å². The molecule has 2 unspecified atom stereocenters. The zero-order valence-corrected chi connectivity index (χ0v) is 14.2. The van der Waals surface area contributed by atoms with Crippen LogP contribution in [0.25, 0.3) is 0 Å². The first-order valence-corrected chi connectivity index (χ1v) is 7.28. The molecule has 4 nitrogen and oxygen atoms in total. The van der Waals surface area contributed by atoms with Crippen LogP contribution in [0.4, 0.5) is 0 Å². The minimum absolute atomic E-state index is 0. The van der Waals surface area contributed by atoms with Crippen molar-refractivity contribution < 1.29 is 9.53 Å². The second-order valence-electron chi connectivity index (χ2n) is 5.32. The van der Waals surface area contributed by atoms with Gasteiger partial charge in [0.25, 0.3) is 0 Å². The molecule has 0 aliphatic carbocycles. The quantitative estimate of drug-likeness (QED) is 0.853. The van der Waals surface area contributed by atoms with Gasteiger partial charge in [0.15, 0.2) is 0 Å². The number of rotatable bonds is 6. The van der Waals surface area contributed by atoms with Gasteiger partial charge >= 0.3 is 0 Å². The number of nitrogens with two attached hydrogens (primary N) is 1. The summed E-state index contributed by atoms with van der Waals surface area (Å²) >= 11 is 0. The number of methoxy groups -OCH3 is 1. The topological polar surface area (TPSA) is 64.3 Å². The normalized spacial score (nSPS) is 12.8. The first-order chi connectivity index (χ1) is 10.6. The fourth-order valence-corrected chi connectivity index (χ4v) is 2.27. The zero-order valence-electron chi connectivity index (χ0n) is 13.4. The van der Waals surface area contributed by atoms with Crippen molar-refractivity contribution in [2.75, 3.05) is 13.7 Å². The van der Waals surface area contributed by atoms with Crippen molar-refractivity contribution in [2.45, 2.75) is 19.0 Å². The molecule has 0 fully saturated rings. The third-order valence-corrected chi connectivity index (χ3v) is 3.51. The molecular formula is C18H23ClN2O2. The first kappa shape index (κ1) is 19.2. The van der Waals surface area contributed by atoms with E-state index in [1.807, 2.05) is 61.5 Å². The van der Waals surface area contributed by atoms with Gasteiger partial charge in [-0.2, -0.15) is 0 Å². The summed E-state index contributed by atoms with van der Waals surface area (Å²) in [5.41, 5.74) is 9.04. The predicted molar refractivity (Wildman–Crippen MR) is 94.7 cm³/mol. The average molecular weight is 335 g/mol. The maximum atomic E-state index is 12.2. The van der Waals surface area contributed by atoms with Gasteiger partial charge in [-0.15, -0.1) is 12.4 Å². The molecule has 0 saturated heterocycles. The molecule has 0 saturated carbocycles. The molecule has 2 atom stereocenters. The highest BCUT2D eigenvalue weighted by Crippen LogP contribution is 2.22. The molecule has 1 amide bonds. The van der Waals surface area contributed by atoms with Crippen molar-refractivity contribution in [3.8, 4) is 0 Å². The van der Waals surface area contributed by atoms with Crippen molar-refractivity contribution in [3.63, 3.8) is 0 Å². The Hall–Kier alpha value is -1.88. The molecule has 2 aromatic rings. The van der Waals surface area contributed by atoms with E-state index in [-0.39, 0.29) is 31.0 Å². The SMILES string of the molecule is COCC(N)C(=O)NC(c1ccccc1)c1ccc(C)cc1.Cl. The Morgan fingerprint density at radius 3 is 2.22 bits per heavy atom. The Morgan fingerprint density at radius 2 is 1.65 bits per heavy atom. The third-order valence-electron chi connectivity index (χ3n) is 3.51. The van der Waals surface area contributed by atoms with Crippen LogP contribution in [0, 0.1) is 6.92 Å². The van der Waals surface area contributed by atoms with Crippen LogP contribution in [0.1, 0.15) is 22.7 Å². The van der Waals surface area contributed by atoms with E-state index in [1.165, 1.54) is 12.7 Å². The molecule has 0 radical (unpaired) electrons. The van der Waals surface area contributed by atoms with Crippen LogP contribution in [0.5, 0.6) is 0 Å². The van der Waals surface area contributed by atoms with Crippen molar-refractivity contribution in [1.82, 2.24) is 5.32 Å². The summed E-state index contributed by atoms with van der Waals surface area (Å²) in [6.45, 7) is 2.23. The molecule has 23 heavy (non-hydrogen) atoms. The number of aryl methyl sites for hydroxylation is 1. The number of amides is 1. The van der Waals surface area contributed by atoms with E-state index in [9.17, 15) is 4.79 Å². The fourth-order valence-electron chi connectivity index (χ4n) is 2.27. The molecule has 0 heterocycles. The van der Waals surface area contributed by atoms with Crippen LogP contribution < -0.4 is 11.1 Å². The maximum absolute atomic E-state index is 12.2. The van der Waals surface area contributed by atoms with Gasteiger partial charge in [-0.1, -0.05) is 60.2 Å². The number of hydrogen-bond acceptors (Lipinski definition) is 3. The lowest BCUT2D eigenvalue weighted by Gasteiger charge is -2.22. The van der Waals surface area contributed by atoms with Gasteiger partial charge < -0.3 is 15.8 Å². The van der Waals surface area contributed by atoms with Gasteiger partial charge in [-0.25, -0.2) is 0 Å². The molecule has 0 aliphatic heterocycles. The second-order valence-corrected chi connectivity index (χ2v) is 5.32. The molecule has 2 rings (SSSR count). The maximum Gasteiger partial charge on any atom is 0.240 e. The van der Waals surface area contributed by atoms with E-state index in [1.54, 1.807) is 0 Å². The largest absolute Gasteiger partial charge is 0.383 e. The summed E-state index contributed by atoms with van der Waals surface area (Å²) in [6.07, 6.45) is 0. The number of hydrogen-bond donors (Lipinski definition) is 2. The summed E-state index contributed by atoms with van der Waals surface area (Å²) < 4.78 is 4.95. The minimum Gasteiger partial charge on any atom is -0.383 e. The number of carbonyl (C=O) groups is 1. The van der Waals surface area contributed by atoms with Crippen LogP contribution in [-0.4, -0.2) is 25.7 Å². The van der Waals surface area contributed by atoms with E-state index in [0.29, 0.717) is 0 Å². The summed E-state index contributed by atoms with van der Waals surface area (Å²) in [7, 11) is 1.53. The number of benzene rings is 2. The van der Waals surface area contributed by atoms with Gasteiger partial charge in [-0.3, -0.25) is 4.79 Å². The van der Waals surface area contributed by atoms with Gasteiger partial charge in [0.1, 0.15) is 6.04 Å². The third kappa shape index (κ3) is 5.36. The number of carbonyl (C=O) groups excluding carboxylic acids is 1. The van der Waals surface area contributed by atoms with Gasteiger partial charge in [0.2, 0.25) is 5.91 Å². The first-order valence-electron chi connectivity index (χ1n) is 7.28. The van der Waals surface area contributed by atoms with Gasteiger partial charge in [0, 0.05) is 7.11 Å². The lowest BCUT2D eigenvalue weighted by atomic mass is 9.97. The smallest absolute Gasteiger partial charge is 0.240 e. The Labute approximate surface area is 143 Å². The van der Waals surface area contributed by atoms with Gasteiger partial charge in [-0.05, 0) is 18.1 Å². The number of ether oxygens (including phenoxy) is 1. The molecule has 5 heteroatoms. The molecular weight excluding hydrogens is 312 g/mol. The lowest BCUT2D eigenvalue weighted by molar-refractivity contribution is -0.123. The van der Waals surface area contributed by atoms with Gasteiger partial charge in [0.05, 0.1) is 12.6 Å². The van der Waals surface area contributed by atoms with E-state index in [2.05, 4.69) is 5.32 Å². The fraction of sp³-hybridized carbons (Fsp3) is 0.278. The number of halogens is 1. The van der Waals surface area contributed by atoms with E-state index in [4.69, 9.17) is 10.5 Å². The second kappa shape index (κ2) is 9.30. The van der Waals surface area contributed by atoms with E-state index in [0.717, 1.165) is 11.1 Å². The lowest BCUT2D eigenvalue weighted by Crippen LogP contribution is -2.45. The van der Waals surface area contributed by atoms with Crippen LogP contribution >= 0.6 is 12.4 Å². The zero-order chi connectivity index (χ0) is 15.9. The van der Waals surface area contributed by atoms with Crippen molar-refractivity contribution in [3.05, 3.63) is 71.3 Å². The Morgan fingerprint density at radius 1 is 1.09 bits per heavy atom. The predicted octanol–water partition coefficient (Wildman–Crippen LogP) is 2.60. The summed E-state index contributed by atoms with van der Waals surface area (Å²) in [6, 6.07) is 17.1. The summed E-state index contributed by atoms with van der Waals surface area (Å²) in [4.78, 5) is 12.2. The average Bonchev–Trinajstić information content (AvgIpc) is 2.54. The van der Waals surface area contributed by atoms with Crippen molar-refractivity contribution in [2.24, 2.45) is 5.73 Å². The molecule has 2 aromatic carbocycles. The Balaban J connectivity index is 0.00000264. The van der Waals surface area contributed by atoms with Crippen LogP contribution in [0.15, 0.2) is 54.6 Å². The minimum atomic E-state index is -0.679. The highest BCUT2D eigenvalue weighted by atomic mass is 35.5. The molecule has 3 N–H and O–H groups in total. The summed E-state index contributed by atoms with van der Waals surface area (Å²) in [5.74, 6) is -0.226. The molecule has 0 aromatic heterocycles. The van der Waals surface area contributed by atoms with Crippen LogP contribution in [0.3, 0.4) is 0 Å².